The minimum Gasteiger partial charge on any atom is -0.481 e. The van der Waals surface area contributed by atoms with Gasteiger partial charge in [0.05, 0.1) is 12.0 Å². The van der Waals surface area contributed by atoms with Gasteiger partial charge in [0.2, 0.25) is 0 Å². The maximum atomic E-state index is 11.8. The Hall–Kier alpha value is -1.08. The SMILES string of the molecule is Cc1cc(C(=O)NCCSSCCC(=O)O)cn1C. The van der Waals surface area contributed by atoms with E-state index in [0.29, 0.717) is 17.9 Å². The monoisotopic (exact) mass is 302 g/mol. The smallest absolute Gasteiger partial charge is 0.304 e. The van der Waals surface area contributed by atoms with E-state index in [1.807, 2.05) is 24.6 Å². The predicted octanol–water partition coefficient (Wildman–Crippen LogP) is 1.92. The van der Waals surface area contributed by atoms with Gasteiger partial charge >= 0.3 is 5.97 Å². The van der Waals surface area contributed by atoms with Crippen LogP contribution in [0, 0.1) is 6.92 Å². The standard InChI is InChI=1S/C12H18N2O3S2/c1-9-7-10(8-14(9)2)12(17)13-4-6-19-18-5-3-11(15)16/h7-8H,3-6H2,1-2H3,(H,13,17)(H,15,16). The van der Waals surface area contributed by atoms with Gasteiger partial charge in [0.25, 0.3) is 5.91 Å². The quantitative estimate of drug-likeness (QED) is 0.567. The van der Waals surface area contributed by atoms with E-state index < -0.39 is 5.97 Å². The van der Waals surface area contributed by atoms with Gasteiger partial charge in [-0.25, -0.2) is 0 Å². The molecule has 1 rings (SSSR count). The van der Waals surface area contributed by atoms with Crippen molar-refractivity contribution in [3.05, 3.63) is 23.5 Å². The van der Waals surface area contributed by atoms with E-state index in [-0.39, 0.29) is 12.3 Å². The zero-order valence-corrected chi connectivity index (χ0v) is 12.6. The average molecular weight is 302 g/mol. The number of carbonyl (C=O) groups is 2. The first-order valence-electron chi connectivity index (χ1n) is 5.88. The molecular weight excluding hydrogens is 284 g/mol. The van der Waals surface area contributed by atoms with E-state index in [0.717, 1.165) is 11.4 Å². The van der Waals surface area contributed by atoms with Crippen molar-refractivity contribution in [3.63, 3.8) is 0 Å². The summed E-state index contributed by atoms with van der Waals surface area (Å²) in [6.07, 6.45) is 1.98. The van der Waals surface area contributed by atoms with E-state index >= 15 is 0 Å². The molecule has 0 saturated heterocycles. The summed E-state index contributed by atoms with van der Waals surface area (Å²) in [5.41, 5.74) is 1.72. The molecule has 0 bridgehead atoms. The summed E-state index contributed by atoms with van der Waals surface area (Å²) in [5, 5.41) is 11.3. The van der Waals surface area contributed by atoms with Crippen LogP contribution in [0.2, 0.25) is 0 Å². The van der Waals surface area contributed by atoms with Crippen molar-refractivity contribution >= 4 is 33.5 Å². The van der Waals surface area contributed by atoms with Crippen molar-refractivity contribution in [1.29, 1.82) is 0 Å². The molecule has 0 spiro atoms. The van der Waals surface area contributed by atoms with Crippen LogP contribution in [0.4, 0.5) is 0 Å². The van der Waals surface area contributed by atoms with E-state index in [4.69, 9.17) is 5.11 Å². The van der Waals surface area contributed by atoms with Gasteiger partial charge < -0.3 is 15.0 Å². The highest BCUT2D eigenvalue weighted by Gasteiger charge is 2.07. The Labute approximate surface area is 120 Å². The minimum atomic E-state index is -0.777. The Balaban J connectivity index is 2.12. The number of amides is 1. The molecule has 5 nitrogen and oxygen atoms in total. The van der Waals surface area contributed by atoms with Crippen LogP contribution in [0.15, 0.2) is 12.3 Å². The first-order chi connectivity index (χ1) is 9.00. The molecule has 0 aliphatic carbocycles. The Morgan fingerprint density at radius 3 is 2.63 bits per heavy atom. The molecule has 0 aromatic carbocycles. The number of carbonyl (C=O) groups excluding carboxylic acids is 1. The molecule has 0 fully saturated rings. The predicted molar refractivity (Wildman–Crippen MR) is 79.7 cm³/mol. The number of rotatable bonds is 8. The molecule has 0 radical (unpaired) electrons. The first kappa shape index (κ1) is 16.0. The highest BCUT2D eigenvalue weighted by atomic mass is 33.1. The van der Waals surface area contributed by atoms with E-state index in [1.165, 1.54) is 10.8 Å². The lowest BCUT2D eigenvalue weighted by Crippen LogP contribution is -2.25. The molecule has 1 heterocycles. The molecule has 106 valence electrons. The topological polar surface area (TPSA) is 71.3 Å². The summed E-state index contributed by atoms with van der Waals surface area (Å²) < 4.78 is 1.91. The minimum absolute atomic E-state index is 0.0696. The van der Waals surface area contributed by atoms with Crippen LogP contribution >= 0.6 is 21.6 Å². The number of nitrogens with one attached hydrogen (secondary N) is 1. The number of hydrogen-bond donors (Lipinski definition) is 2. The summed E-state index contributed by atoms with van der Waals surface area (Å²) >= 11 is 0. The number of aryl methyl sites for hydroxylation is 2. The molecule has 0 aliphatic rings. The van der Waals surface area contributed by atoms with Gasteiger partial charge in [-0.1, -0.05) is 21.6 Å². The van der Waals surface area contributed by atoms with E-state index in [1.54, 1.807) is 17.0 Å². The molecule has 1 aromatic rings. The number of nitrogens with zero attached hydrogens (tertiary/aromatic N) is 1. The molecule has 1 amide bonds. The highest BCUT2D eigenvalue weighted by molar-refractivity contribution is 8.76. The average Bonchev–Trinajstić information content (AvgIpc) is 2.68. The largest absolute Gasteiger partial charge is 0.481 e. The number of carboxylic acids is 1. The van der Waals surface area contributed by atoms with Gasteiger partial charge in [0.15, 0.2) is 0 Å². The number of carboxylic acid groups (broad SMARTS) is 1. The first-order valence-corrected chi connectivity index (χ1v) is 8.37. The van der Waals surface area contributed by atoms with Crippen molar-refractivity contribution in [2.45, 2.75) is 13.3 Å². The summed E-state index contributed by atoms with van der Waals surface area (Å²) in [5.74, 6) is 0.508. The lowest BCUT2D eigenvalue weighted by molar-refractivity contribution is -0.136. The molecule has 0 atom stereocenters. The third-order valence-electron chi connectivity index (χ3n) is 2.47. The van der Waals surface area contributed by atoms with Crippen molar-refractivity contribution in [2.75, 3.05) is 18.1 Å². The summed E-state index contributed by atoms with van der Waals surface area (Å²) in [6.45, 7) is 2.53. The normalized spacial score (nSPS) is 10.4. The van der Waals surface area contributed by atoms with Crippen LogP contribution in [0.3, 0.4) is 0 Å². The van der Waals surface area contributed by atoms with Crippen LogP contribution in [0.1, 0.15) is 22.5 Å². The molecular formula is C12H18N2O3S2. The van der Waals surface area contributed by atoms with Gasteiger partial charge in [0.1, 0.15) is 0 Å². The molecule has 0 saturated carbocycles. The van der Waals surface area contributed by atoms with Gasteiger partial charge in [0, 0.05) is 37.0 Å². The summed E-state index contributed by atoms with van der Waals surface area (Å²) in [4.78, 5) is 22.1. The van der Waals surface area contributed by atoms with E-state index in [2.05, 4.69) is 5.32 Å². The second kappa shape index (κ2) is 8.16. The van der Waals surface area contributed by atoms with Crippen LogP contribution in [-0.2, 0) is 11.8 Å². The third kappa shape index (κ3) is 6.07. The Morgan fingerprint density at radius 2 is 2.05 bits per heavy atom. The van der Waals surface area contributed by atoms with Crippen molar-refractivity contribution in [1.82, 2.24) is 9.88 Å². The van der Waals surface area contributed by atoms with Crippen molar-refractivity contribution in [2.24, 2.45) is 7.05 Å². The molecule has 0 unspecified atom stereocenters. The fourth-order valence-corrected chi connectivity index (χ4v) is 3.24. The van der Waals surface area contributed by atoms with Crippen LogP contribution < -0.4 is 5.32 Å². The van der Waals surface area contributed by atoms with Crippen LogP contribution in [0.5, 0.6) is 0 Å². The van der Waals surface area contributed by atoms with Gasteiger partial charge in [-0.3, -0.25) is 9.59 Å². The lowest BCUT2D eigenvalue weighted by atomic mass is 10.3. The zero-order valence-electron chi connectivity index (χ0n) is 11.0. The fraction of sp³-hybridized carbons (Fsp3) is 0.500. The Kier molecular flexibility index (Phi) is 6.86. The highest BCUT2D eigenvalue weighted by Crippen LogP contribution is 2.20. The van der Waals surface area contributed by atoms with E-state index in [9.17, 15) is 9.59 Å². The maximum absolute atomic E-state index is 11.8. The number of hydrogen-bond acceptors (Lipinski definition) is 4. The van der Waals surface area contributed by atoms with Crippen LogP contribution in [-0.4, -0.2) is 39.6 Å². The lowest BCUT2D eigenvalue weighted by Gasteiger charge is -2.03. The summed E-state index contributed by atoms with van der Waals surface area (Å²) in [6, 6.07) is 1.85. The van der Waals surface area contributed by atoms with Crippen molar-refractivity contribution < 1.29 is 14.7 Å². The number of aromatic nitrogens is 1. The van der Waals surface area contributed by atoms with Crippen LogP contribution in [0.25, 0.3) is 0 Å². The fourth-order valence-electron chi connectivity index (χ4n) is 1.35. The summed E-state index contributed by atoms with van der Waals surface area (Å²) in [7, 11) is 4.99. The van der Waals surface area contributed by atoms with Gasteiger partial charge in [-0.05, 0) is 13.0 Å². The molecule has 19 heavy (non-hydrogen) atoms. The number of aliphatic carboxylic acids is 1. The van der Waals surface area contributed by atoms with Gasteiger partial charge in [-0.15, -0.1) is 0 Å². The second-order valence-corrected chi connectivity index (χ2v) is 6.73. The Bertz CT molecular complexity index is 427. The van der Waals surface area contributed by atoms with Crippen molar-refractivity contribution in [3.8, 4) is 0 Å². The molecule has 0 aliphatic heterocycles. The Morgan fingerprint density at radius 1 is 1.37 bits per heavy atom. The maximum Gasteiger partial charge on any atom is 0.304 e. The third-order valence-corrected chi connectivity index (χ3v) is 4.88. The zero-order chi connectivity index (χ0) is 14.3. The van der Waals surface area contributed by atoms with Gasteiger partial charge in [-0.2, -0.15) is 0 Å². The molecule has 7 heteroatoms. The second-order valence-electron chi connectivity index (χ2n) is 4.02. The molecule has 2 N–H and O–H groups in total. The molecule has 1 aromatic heterocycles.